The second kappa shape index (κ2) is 5.72. The molecule has 0 saturated carbocycles. The molecular weight excluding hydrogens is 259 g/mol. The number of hydrogen-bond acceptors (Lipinski definition) is 2. The molecule has 0 unspecified atom stereocenters. The minimum atomic E-state index is -0.398. The van der Waals surface area contributed by atoms with Crippen molar-refractivity contribution < 1.29 is 4.39 Å². The third kappa shape index (κ3) is 2.93. The third-order valence-electron chi connectivity index (χ3n) is 2.05. The lowest BCUT2D eigenvalue weighted by Gasteiger charge is -2.08. The highest BCUT2D eigenvalue weighted by Gasteiger charge is 2.10. The summed E-state index contributed by atoms with van der Waals surface area (Å²) in [7, 11) is 0. The predicted octanol–water partition coefficient (Wildman–Crippen LogP) is 3.67. The van der Waals surface area contributed by atoms with Gasteiger partial charge in [0.1, 0.15) is 6.07 Å². The van der Waals surface area contributed by atoms with E-state index in [2.05, 4.69) is 28.2 Å². The first-order chi connectivity index (χ1) is 7.20. The number of nitrogens with one attached hydrogen (secondary N) is 1. The van der Waals surface area contributed by atoms with Crippen LogP contribution in [0.3, 0.4) is 0 Å². The lowest BCUT2D eigenvalue weighted by molar-refractivity contribution is 0.622. The Balaban J connectivity index is 2.83. The Labute approximate surface area is 97.2 Å². The van der Waals surface area contributed by atoms with Gasteiger partial charge in [0.25, 0.3) is 0 Å². The Kier molecular flexibility index (Phi) is 4.57. The van der Waals surface area contributed by atoms with E-state index >= 15 is 0 Å². The van der Waals surface area contributed by atoms with E-state index in [0.717, 1.165) is 19.4 Å². The van der Waals surface area contributed by atoms with E-state index in [9.17, 15) is 4.39 Å². The molecule has 1 N–H and O–H groups in total. The van der Waals surface area contributed by atoms with Crippen molar-refractivity contribution in [1.82, 2.24) is 0 Å². The van der Waals surface area contributed by atoms with E-state index in [4.69, 9.17) is 5.26 Å². The Morgan fingerprint density at radius 1 is 1.53 bits per heavy atom. The van der Waals surface area contributed by atoms with Gasteiger partial charge in [0, 0.05) is 6.54 Å². The lowest BCUT2D eigenvalue weighted by atomic mass is 10.2. The van der Waals surface area contributed by atoms with Gasteiger partial charge in [-0.3, -0.25) is 0 Å². The van der Waals surface area contributed by atoms with Crippen molar-refractivity contribution in [2.45, 2.75) is 19.8 Å². The number of unbranched alkanes of at least 4 members (excludes halogenated alkanes) is 1. The van der Waals surface area contributed by atoms with Crippen LogP contribution in [0.5, 0.6) is 0 Å². The van der Waals surface area contributed by atoms with Gasteiger partial charge in [-0.15, -0.1) is 0 Å². The summed E-state index contributed by atoms with van der Waals surface area (Å²) in [5, 5.41) is 11.7. The largest absolute Gasteiger partial charge is 0.383 e. The molecule has 0 aliphatic heterocycles. The number of anilines is 1. The predicted molar refractivity (Wildman–Crippen MR) is 62.2 cm³/mol. The second-order valence-corrected chi connectivity index (χ2v) is 3.97. The van der Waals surface area contributed by atoms with Gasteiger partial charge in [0.2, 0.25) is 0 Å². The van der Waals surface area contributed by atoms with E-state index in [-0.39, 0.29) is 4.47 Å². The maximum absolute atomic E-state index is 13.6. The van der Waals surface area contributed by atoms with Crippen molar-refractivity contribution in [3.63, 3.8) is 0 Å². The van der Waals surface area contributed by atoms with Crippen molar-refractivity contribution in [3.05, 3.63) is 28.0 Å². The molecule has 0 radical (unpaired) electrons. The molecule has 0 aromatic heterocycles. The SMILES string of the molecule is CCCCNc1ccc(C#N)c(Br)c1F. The van der Waals surface area contributed by atoms with Crippen LogP contribution in [0.25, 0.3) is 0 Å². The summed E-state index contributed by atoms with van der Waals surface area (Å²) in [5.74, 6) is -0.398. The zero-order chi connectivity index (χ0) is 11.3. The molecule has 0 atom stereocenters. The summed E-state index contributed by atoms with van der Waals surface area (Å²) in [4.78, 5) is 0. The maximum Gasteiger partial charge on any atom is 0.161 e. The first-order valence-electron chi connectivity index (χ1n) is 4.82. The maximum atomic E-state index is 13.6. The van der Waals surface area contributed by atoms with Crippen LogP contribution < -0.4 is 5.32 Å². The van der Waals surface area contributed by atoms with Crippen LogP contribution in [0.15, 0.2) is 16.6 Å². The highest BCUT2D eigenvalue weighted by Crippen LogP contribution is 2.26. The molecule has 0 aliphatic rings. The molecule has 0 aliphatic carbocycles. The van der Waals surface area contributed by atoms with Gasteiger partial charge in [-0.05, 0) is 34.5 Å². The van der Waals surface area contributed by atoms with Crippen LogP contribution in [0, 0.1) is 17.1 Å². The Morgan fingerprint density at radius 3 is 2.87 bits per heavy atom. The van der Waals surface area contributed by atoms with Crippen molar-refractivity contribution in [3.8, 4) is 6.07 Å². The van der Waals surface area contributed by atoms with Crippen LogP contribution in [0.2, 0.25) is 0 Å². The van der Waals surface area contributed by atoms with Crippen LogP contribution in [0.1, 0.15) is 25.3 Å². The van der Waals surface area contributed by atoms with Gasteiger partial charge < -0.3 is 5.32 Å². The first-order valence-corrected chi connectivity index (χ1v) is 5.62. The number of benzene rings is 1. The van der Waals surface area contributed by atoms with Gasteiger partial charge in [-0.1, -0.05) is 13.3 Å². The average molecular weight is 271 g/mol. The third-order valence-corrected chi connectivity index (χ3v) is 2.82. The molecule has 0 bridgehead atoms. The molecule has 2 nitrogen and oxygen atoms in total. The zero-order valence-corrected chi connectivity index (χ0v) is 10.1. The quantitative estimate of drug-likeness (QED) is 0.848. The summed E-state index contributed by atoms with van der Waals surface area (Å²) in [6.07, 6.45) is 2.06. The first kappa shape index (κ1) is 12.0. The topological polar surface area (TPSA) is 35.8 Å². The Bertz CT molecular complexity index is 385. The lowest BCUT2D eigenvalue weighted by Crippen LogP contribution is -2.03. The minimum absolute atomic E-state index is 0.228. The van der Waals surface area contributed by atoms with Crippen molar-refractivity contribution in [2.75, 3.05) is 11.9 Å². The van der Waals surface area contributed by atoms with Crippen LogP contribution in [-0.4, -0.2) is 6.54 Å². The smallest absolute Gasteiger partial charge is 0.161 e. The summed E-state index contributed by atoms with van der Waals surface area (Å²) in [6, 6.07) is 5.11. The van der Waals surface area contributed by atoms with E-state index in [1.807, 2.05) is 6.07 Å². The number of rotatable bonds is 4. The Morgan fingerprint density at radius 2 is 2.27 bits per heavy atom. The molecule has 0 amide bonds. The summed E-state index contributed by atoms with van der Waals surface area (Å²) in [6.45, 7) is 2.82. The molecule has 0 spiro atoms. The summed E-state index contributed by atoms with van der Waals surface area (Å²) < 4.78 is 13.8. The summed E-state index contributed by atoms with van der Waals surface area (Å²) >= 11 is 3.06. The molecule has 1 aromatic carbocycles. The van der Waals surface area contributed by atoms with Crippen LogP contribution in [-0.2, 0) is 0 Å². The molecule has 1 rings (SSSR count). The number of halogens is 2. The fraction of sp³-hybridized carbons (Fsp3) is 0.364. The molecule has 0 fully saturated rings. The summed E-state index contributed by atoms with van der Waals surface area (Å²) in [5.41, 5.74) is 0.753. The van der Waals surface area contributed by atoms with E-state index in [0.29, 0.717) is 11.3 Å². The second-order valence-electron chi connectivity index (χ2n) is 3.18. The molecule has 4 heteroatoms. The van der Waals surface area contributed by atoms with Gasteiger partial charge in [0.15, 0.2) is 5.82 Å². The van der Waals surface area contributed by atoms with Crippen molar-refractivity contribution >= 4 is 21.6 Å². The molecule has 0 saturated heterocycles. The minimum Gasteiger partial charge on any atom is -0.383 e. The monoisotopic (exact) mass is 270 g/mol. The van der Waals surface area contributed by atoms with Gasteiger partial charge in [-0.2, -0.15) is 5.26 Å². The fourth-order valence-electron chi connectivity index (χ4n) is 1.17. The number of nitriles is 1. The van der Waals surface area contributed by atoms with Crippen LogP contribution in [0.4, 0.5) is 10.1 Å². The molecule has 0 heterocycles. The molecule has 1 aromatic rings. The van der Waals surface area contributed by atoms with Gasteiger partial charge in [-0.25, -0.2) is 4.39 Å². The van der Waals surface area contributed by atoms with Crippen molar-refractivity contribution in [2.24, 2.45) is 0 Å². The average Bonchev–Trinajstić information content (AvgIpc) is 2.25. The fourth-order valence-corrected chi connectivity index (χ4v) is 1.61. The van der Waals surface area contributed by atoms with E-state index in [1.165, 1.54) is 0 Å². The normalized spacial score (nSPS) is 9.73. The molecular formula is C11H12BrFN2. The van der Waals surface area contributed by atoms with E-state index in [1.54, 1.807) is 12.1 Å². The Hall–Kier alpha value is -1.08. The highest BCUT2D eigenvalue weighted by atomic mass is 79.9. The van der Waals surface area contributed by atoms with E-state index < -0.39 is 5.82 Å². The van der Waals surface area contributed by atoms with Gasteiger partial charge in [0.05, 0.1) is 15.7 Å². The van der Waals surface area contributed by atoms with Gasteiger partial charge >= 0.3 is 0 Å². The zero-order valence-electron chi connectivity index (χ0n) is 8.48. The van der Waals surface area contributed by atoms with Crippen molar-refractivity contribution in [1.29, 1.82) is 5.26 Å². The number of nitrogens with zero attached hydrogens (tertiary/aromatic N) is 1. The standard InChI is InChI=1S/C11H12BrFN2/c1-2-3-6-15-9-5-4-8(7-14)10(12)11(9)13/h4-5,15H,2-3,6H2,1H3. The van der Waals surface area contributed by atoms with Crippen LogP contribution >= 0.6 is 15.9 Å². The number of hydrogen-bond donors (Lipinski definition) is 1. The highest BCUT2D eigenvalue weighted by molar-refractivity contribution is 9.10. The molecule has 80 valence electrons. The molecule has 15 heavy (non-hydrogen) atoms.